The predicted octanol–water partition coefficient (Wildman–Crippen LogP) is 2.01. The van der Waals surface area contributed by atoms with Gasteiger partial charge in [-0.25, -0.2) is 4.79 Å². The van der Waals surface area contributed by atoms with Crippen molar-refractivity contribution in [1.82, 2.24) is 5.32 Å². The van der Waals surface area contributed by atoms with Gasteiger partial charge in [-0.15, -0.1) is 0 Å². The first kappa shape index (κ1) is 18.0. The number of esters is 1. The molecule has 0 fully saturated rings. The molecule has 1 rings (SSSR count). The molecule has 1 aromatic carbocycles. The van der Waals surface area contributed by atoms with E-state index in [-0.39, 0.29) is 25.8 Å². The minimum Gasteiger partial charge on any atom is -0.463 e. The van der Waals surface area contributed by atoms with E-state index < -0.39 is 12.1 Å². The number of carbonyl (C=O) groups excluding carboxylic acids is 2. The van der Waals surface area contributed by atoms with E-state index in [1.807, 2.05) is 37.3 Å². The summed E-state index contributed by atoms with van der Waals surface area (Å²) < 4.78 is 10.0. The van der Waals surface area contributed by atoms with Crippen molar-refractivity contribution >= 4 is 12.1 Å². The van der Waals surface area contributed by atoms with Crippen LogP contribution in [0.25, 0.3) is 0 Å². The summed E-state index contributed by atoms with van der Waals surface area (Å²) in [5.41, 5.74) is 0.865. The maximum Gasteiger partial charge on any atom is 0.407 e. The minimum absolute atomic E-state index is 0.0700. The van der Waals surface area contributed by atoms with E-state index >= 15 is 0 Å². The molecule has 6 nitrogen and oxygen atoms in total. The highest BCUT2D eigenvalue weighted by atomic mass is 16.6. The fourth-order valence-electron chi connectivity index (χ4n) is 1.66. The third kappa shape index (κ3) is 7.64. The van der Waals surface area contributed by atoms with E-state index in [9.17, 15) is 14.7 Å². The normalized spacial score (nSPS) is 11.5. The zero-order valence-electron chi connectivity index (χ0n) is 12.8. The topological polar surface area (TPSA) is 84.9 Å². The number of aliphatic hydroxyl groups excluding tert-OH is 1. The number of carbonyl (C=O) groups is 2. The molecule has 1 aromatic rings. The van der Waals surface area contributed by atoms with Gasteiger partial charge in [0.2, 0.25) is 0 Å². The van der Waals surface area contributed by atoms with Gasteiger partial charge in [-0.05, 0) is 12.0 Å². The van der Waals surface area contributed by atoms with E-state index in [4.69, 9.17) is 9.47 Å². The monoisotopic (exact) mass is 309 g/mol. The Morgan fingerprint density at radius 1 is 1.23 bits per heavy atom. The fraction of sp³-hybridized carbons (Fsp3) is 0.500. The van der Waals surface area contributed by atoms with Gasteiger partial charge in [-0.3, -0.25) is 4.79 Å². The Morgan fingerprint density at radius 3 is 2.59 bits per heavy atom. The molecule has 0 aliphatic rings. The Bertz CT molecular complexity index is 449. The summed E-state index contributed by atoms with van der Waals surface area (Å²) in [5.74, 6) is -0.334. The molecular weight excluding hydrogens is 286 g/mol. The van der Waals surface area contributed by atoms with Crippen LogP contribution in [-0.2, 0) is 20.9 Å². The van der Waals surface area contributed by atoms with Crippen molar-refractivity contribution in [2.45, 2.75) is 38.8 Å². The fourth-order valence-corrected chi connectivity index (χ4v) is 1.66. The quantitative estimate of drug-likeness (QED) is 0.682. The highest BCUT2D eigenvalue weighted by Gasteiger charge is 2.14. The van der Waals surface area contributed by atoms with Gasteiger partial charge >= 0.3 is 12.1 Å². The zero-order valence-corrected chi connectivity index (χ0v) is 12.8. The van der Waals surface area contributed by atoms with E-state index in [1.165, 1.54) is 0 Å². The molecule has 1 amide bonds. The van der Waals surface area contributed by atoms with Crippen LogP contribution in [0.15, 0.2) is 30.3 Å². The third-order valence-electron chi connectivity index (χ3n) is 2.94. The second-order valence-corrected chi connectivity index (χ2v) is 4.87. The van der Waals surface area contributed by atoms with Gasteiger partial charge in [-0.1, -0.05) is 43.7 Å². The van der Waals surface area contributed by atoms with Crippen molar-refractivity contribution in [1.29, 1.82) is 0 Å². The number of nitrogens with one attached hydrogen (secondary N) is 1. The van der Waals surface area contributed by atoms with Crippen LogP contribution >= 0.6 is 0 Å². The van der Waals surface area contributed by atoms with Crippen LogP contribution in [0.1, 0.15) is 31.7 Å². The minimum atomic E-state index is -0.672. The lowest BCUT2D eigenvalue weighted by atomic mass is 10.2. The molecule has 0 heterocycles. The molecule has 2 N–H and O–H groups in total. The van der Waals surface area contributed by atoms with E-state index in [0.29, 0.717) is 6.42 Å². The molecule has 0 aliphatic carbocycles. The van der Waals surface area contributed by atoms with Crippen molar-refractivity contribution in [3.8, 4) is 0 Å². The Labute approximate surface area is 130 Å². The molecule has 0 radical (unpaired) electrons. The van der Waals surface area contributed by atoms with Gasteiger partial charge in [-0.2, -0.15) is 0 Å². The van der Waals surface area contributed by atoms with Gasteiger partial charge in [0.1, 0.15) is 13.2 Å². The lowest BCUT2D eigenvalue weighted by Crippen LogP contribution is -2.41. The third-order valence-corrected chi connectivity index (χ3v) is 2.94. The molecule has 0 bridgehead atoms. The van der Waals surface area contributed by atoms with E-state index in [2.05, 4.69) is 5.32 Å². The second kappa shape index (κ2) is 10.6. The summed E-state index contributed by atoms with van der Waals surface area (Å²) >= 11 is 0. The summed E-state index contributed by atoms with van der Waals surface area (Å²) in [5, 5.41) is 11.6. The molecule has 0 aliphatic heterocycles. The molecule has 0 saturated carbocycles. The second-order valence-electron chi connectivity index (χ2n) is 4.87. The Morgan fingerprint density at radius 2 is 1.95 bits per heavy atom. The molecule has 0 spiro atoms. The number of alkyl carbamates (subject to hydrolysis) is 1. The summed E-state index contributed by atoms with van der Waals surface area (Å²) in [4.78, 5) is 23.0. The summed E-state index contributed by atoms with van der Waals surface area (Å²) in [6, 6.07) is 8.58. The SMILES string of the molecule is CCCCC(=O)OC[C@H](CO)NC(=O)OCc1ccccc1. The van der Waals surface area contributed by atoms with Gasteiger partial charge in [0.15, 0.2) is 0 Å². The number of rotatable bonds is 9. The molecular formula is C16H23NO5. The van der Waals surface area contributed by atoms with Crippen LogP contribution in [0, 0.1) is 0 Å². The van der Waals surface area contributed by atoms with Gasteiger partial charge < -0.3 is 19.9 Å². The summed E-state index contributed by atoms with van der Waals surface area (Å²) in [6.45, 7) is 1.72. The van der Waals surface area contributed by atoms with Crippen molar-refractivity contribution in [2.75, 3.05) is 13.2 Å². The average molecular weight is 309 g/mol. The number of hydrogen-bond acceptors (Lipinski definition) is 5. The van der Waals surface area contributed by atoms with Gasteiger partial charge in [0.05, 0.1) is 12.6 Å². The van der Waals surface area contributed by atoms with Crippen molar-refractivity contribution in [3.63, 3.8) is 0 Å². The Kier molecular flexibility index (Phi) is 8.67. The van der Waals surface area contributed by atoms with Crippen LogP contribution in [0.3, 0.4) is 0 Å². The standard InChI is InChI=1S/C16H23NO5/c1-2-3-9-15(19)21-12-14(10-18)17-16(20)22-11-13-7-5-4-6-8-13/h4-8,14,18H,2-3,9-12H2,1H3,(H,17,20)/t14-/m0/s1. The average Bonchev–Trinajstić information content (AvgIpc) is 2.55. The maximum absolute atomic E-state index is 11.6. The lowest BCUT2D eigenvalue weighted by molar-refractivity contribution is -0.144. The van der Waals surface area contributed by atoms with Gasteiger partial charge in [0.25, 0.3) is 0 Å². The van der Waals surface area contributed by atoms with E-state index in [0.717, 1.165) is 18.4 Å². The highest BCUT2D eigenvalue weighted by molar-refractivity contribution is 5.69. The number of unbranched alkanes of at least 4 members (excludes halogenated alkanes) is 1. The number of ether oxygens (including phenoxy) is 2. The maximum atomic E-state index is 11.6. The Hall–Kier alpha value is -2.08. The van der Waals surface area contributed by atoms with Crippen LogP contribution in [0.4, 0.5) is 4.79 Å². The largest absolute Gasteiger partial charge is 0.463 e. The predicted molar refractivity (Wildman–Crippen MR) is 81.1 cm³/mol. The molecule has 122 valence electrons. The summed E-state index contributed by atoms with van der Waals surface area (Å²) in [6.07, 6.45) is 1.35. The zero-order chi connectivity index (χ0) is 16.2. The first-order chi connectivity index (χ1) is 10.7. The number of hydrogen-bond donors (Lipinski definition) is 2. The van der Waals surface area contributed by atoms with Crippen LogP contribution in [-0.4, -0.2) is 36.4 Å². The molecule has 6 heteroatoms. The molecule has 22 heavy (non-hydrogen) atoms. The first-order valence-corrected chi connectivity index (χ1v) is 7.39. The van der Waals surface area contributed by atoms with Crippen LogP contribution in [0.5, 0.6) is 0 Å². The van der Waals surface area contributed by atoms with E-state index in [1.54, 1.807) is 0 Å². The molecule has 0 aromatic heterocycles. The van der Waals surface area contributed by atoms with Crippen molar-refractivity contribution in [2.24, 2.45) is 0 Å². The van der Waals surface area contributed by atoms with Gasteiger partial charge in [0, 0.05) is 6.42 Å². The highest BCUT2D eigenvalue weighted by Crippen LogP contribution is 2.01. The van der Waals surface area contributed by atoms with Crippen LogP contribution in [0.2, 0.25) is 0 Å². The smallest absolute Gasteiger partial charge is 0.407 e. The first-order valence-electron chi connectivity index (χ1n) is 7.39. The molecule has 0 unspecified atom stereocenters. The number of benzene rings is 1. The van der Waals surface area contributed by atoms with Crippen LogP contribution < -0.4 is 5.32 Å². The molecule has 1 atom stereocenters. The van der Waals surface area contributed by atoms with Crippen molar-refractivity contribution < 1.29 is 24.2 Å². The lowest BCUT2D eigenvalue weighted by Gasteiger charge is -2.16. The Balaban J connectivity index is 2.26. The number of amides is 1. The summed E-state index contributed by atoms with van der Waals surface area (Å²) in [7, 11) is 0. The van der Waals surface area contributed by atoms with Crippen molar-refractivity contribution in [3.05, 3.63) is 35.9 Å². The molecule has 0 saturated heterocycles. The number of aliphatic hydroxyl groups is 1.